The lowest BCUT2D eigenvalue weighted by molar-refractivity contribution is -0.151. The molecular weight excluding hydrogens is 410 g/mol. The van der Waals surface area contributed by atoms with Crippen LogP contribution in [0.5, 0.6) is 0 Å². The van der Waals surface area contributed by atoms with Crippen molar-refractivity contribution in [1.82, 2.24) is 4.90 Å². The van der Waals surface area contributed by atoms with Crippen LogP contribution < -0.4 is 10.5 Å². The maximum atomic E-state index is 12.2. The molecule has 158 valence electrons. The first-order chi connectivity index (χ1) is 14.2. The average Bonchev–Trinajstić information content (AvgIpc) is 3.07. The summed E-state index contributed by atoms with van der Waals surface area (Å²) in [5.74, 6) is -1.96. The van der Waals surface area contributed by atoms with Gasteiger partial charge in [0.1, 0.15) is 0 Å². The molecular formula is C20H21N3O6S. The summed E-state index contributed by atoms with van der Waals surface area (Å²) in [5, 5.41) is 7.50. The van der Waals surface area contributed by atoms with Crippen molar-refractivity contribution in [3.63, 3.8) is 0 Å². The van der Waals surface area contributed by atoms with E-state index in [-0.39, 0.29) is 23.8 Å². The Balaban J connectivity index is 1.47. The standard InChI is InChI=1S/C20H21N3O6S/c21-30(27,28)17-8-6-16(7-9-17)22-18(24)13-29-20(26)15-10-19(25)23(12-15)11-14-4-2-1-3-5-14/h1-9,15H,10-13H2,(H,22,24)(H2,21,27,28)/t15-/m1/s1. The van der Waals surface area contributed by atoms with Gasteiger partial charge in [-0.3, -0.25) is 14.4 Å². The van der Waals surface area contributed by atoms with Crippen LogP contribution in [-0.4, -0.2) is 44.3 Å². The Morgan fingerprint density at radius 2 is 1.77 bits per heavy atom. The van der Waals surface area contributed by atoms with Gasteiger partial charge in [-0.2, -0.15) is 0 Å². The van der Waals surface area contributed by atoms with Crippen molar-refractivity contribution in [2.45, 2.75) is 17.9 Å². The van der Waals surface area contributed by atoms with Crippen LogP contribution in [0.1, 0.15) is 12.0 Å². The van der Waals surface area contributed by atoms with Crippen molar-refractivity contribution in [1.29, 1.82) is 0 Å². The first kappa shape index (κ1) is 21.5. The smallest absolute Gasteiger partial charge is 0.311 e. The van der Waals surface area contributed by atoms with E-state index in [9.17, 15) is 22.8 Å². The van der Waals surface area contributed by atoms with Gasteiger partial charge in [0.05, 0.1) is 10.8 Å². The molecule has 0 aromatic heterocycles. The molecule has 0 bridgehead atoms. The van der Waals surface area contributed by atoms with Gasteiger partial charge in [0.15, 0.2) is 6.61 Å². The summed E-state index contributed by atoms with van der Waals surface area (Å²) in [7, 11) is -3.82. The van der Waals surface area contributed by atoms with E-state index in [1.54, 1.807) is 4.90 Å². The number of amides is 2. The van der Waals surface area contributed by atoms with Crippen molar-refractivity contribution < 1.29 is 27.5 Å². The second kappa shape index (κ2) is 9.06. The highest BCUT2D eigenvalue weighted by atomic mass is 32.2. The molecule has 30 heavy (non-hydrogen) atoms. The van der Waals surface area contributed by atoms with Crippen LogP contribution in [0.3, 0.4) is 0 Å². The fraction of sp³-hybridized carbons (Fsp3) is 0.250. The largest absolute Gasteiger partial charge is 0.455 e. The van der Waals surface area contributed by atoms with Gasteiger partial charge in [-0.15, -0.1) is 0 Å². The second-order valence-corrected chi connectivity index (χ2v) is 8.45. The van der Waals surface area contributed by atoms with E-state index in [4.69, 9.17) is 9.88 Å². The van der Waals surface area contributed by atoms with E-state index in [0.717, 1.165) is 5.56 Å². The number of nitrogens with two attached hydrogens (primary N) is 1. The maximum absolute atomic E-state index is 12.2. The highest BCUT2D eigenvalue weighted by molar-refractivity contribution is 7.89. The first-order valence-electron chi connectivity index (χ1n) is 9.13. The molecule has 10 heteroatoms. The number of rotatable bonds is 7. The number of nitrogens with one attached hydrogen (secondary N) is 1. The summed E-state index contributed by atoms with van der Waals surface area (Å²) >= 11 is 0. The number of likely N-dealkylation sites (tertiary alicyclic amines) is 1. The summed E-state index contributed by atoms with van der Waals surface area (Å²) in [5.41, 5.74) is 1.29. The third-order valence-corrected chi connectivity index (χ3v) is 5.51. The van der Waals surface area contributed by atoms with Gasteiger partial charge in [-0.1, -0.05) is 30.3 Å². The number of sulfonamides is 1. The molecule has 1 saturated heterocycles. The zero-order chi connectivity index (χ0) is 21.7. The summed E-state index contributed by atoms with van der Waals surface area (Å²) in [6.07, 6.45) is 0.0440. The predicted octanol–water partition coefficient (Wildman–Crippen LogP) is 0.864. The molecule has 1 aliphatic rings. The molecule has 3 N–H and O–H groups in total. The number of ether oxygens (including phenoxy) is 1. The maximum Gasteiger partial charge on any atom is 0.311 e. The highest BCUT2D eigenvalue weighted by Crippen LogP contribution is 2.21. The minimum atomic E-state index is -3.82. The summed E-state index contributed by atoms with van der Waals surface area (Å²) in [6.45, 7) is 0.140. The number of benzene rings is 2. The molecule has 0 unspecified atom stereocenters. The minimum absolute atomic E-state index is 0.0440. The number of hydrogen-bond donors (Lipinski definition) is 2. The summed E-state index contributed by atoms with van der Waals surface area (Å²) in [6, 6.07) is 14.7. The van der Waals surface area contributed by atoms with Crippen LogP contribution in [-0.2, 0) is 35.7 Å². The zero-order valence-electron chi connectivity index (χ0n) is 16.0. The number of primary sulfonamides is 1. The Morgan fingerprint density at radius 1 is 1.10 bits per heavy atom. The number of hydrogen-bond acceptors (Lipinski definition) is 6. The molecule has 0 aliphatic carbocycles. The van der Waals surface area contributed by atoms with Gasteiger partial charge < -0.3 is 15.0 Å². The third-order valence-electron chi connectivity index (χ3n) is 4.58. The molecule has 3 rings (SSSR count). The Morgan fingerprint density at radius 3 is 2.40 bits per heavy atom. The lowest BCUT2D eigenvalue weighted by Gasteiger charge is -2.16. The van der Waals surface area contributed by atoms with E-state index >= 15 is 0 Å². The number of esters is 1. The molecule has 1 heterocycles. The van der Waals surface area contributed by atoms with Gasteiger partial charge in [0.25, 0.3) is 5.91 Å². The van der Waals surface area contributed by atoms with E-state index in [0.29, 0.717) is 12.2 Å². The fourth-order valence-corrected chi connectivity index (χ4v) is 3.58. The van der Waals surface area contributed by atoms with Crippen LogP contribution in [0.4, 0.5) is 5.69 Å². The van der Waals surface area contributed by atoms with E-state index < -0.39 is 34.4 Å². The fourth-order valence-electron chi connectivity index (χ4n) is 3.07. The van der Waals surface area contributed by atoms with Gasteiger partial charge in [0, 0.05) is 25.2 Å². The summed E-state index contributed by atoms with van der Waals surface area (Å²) in [4.78, 5) is 37.9. The molecule has 0 saturated carbocycles. The van der Waals surface area contributed by atoms with Crippen LogP contribution >= 0.6 is 0 Å². The molecule has 9 nitrogen and oxygen atoms in total. The SMILES string of the molecule is NS(=O)(=O)c1ccc(NC(=O)COC(=O)[C@@H]2CC(=O)N(Cc3ccccc3)C2)cc1. The molecule has 2 amide bonds. The average molecular weight is 431 g/mol. The van der Waals surface area contributed by atoms with Crippen molar-refractivity contribution in [3.8, 4) is 0 Å². The van der Waals surface area contributed by atoms with Gasteiger partial charge >= 0.3 is 5.97 Å². The van der Waals surface area contributed by atoms with Crippen LogP contribution in [0, 0.1) is 5.92 Å². The van der Waals surface area contributed by atoms with E-state index in [1.165, 1.54) is 24.3 Å². The number of anilines is 1. The number of carbonyl (C=O) groups excluding carboxylic acids is 3. The van der Waals surface area contributed by atoms with Crippen molar-refractivity contribution in [2.24, 2.45) is 11.1 Å². The Labute approximate surface area is 173 Å². The van der Waals surface area contributed by atoms with Crippen molar-refractivity contribution in [3.05, 3.63) is 60.2 Å². The topological polar surface area (TPSA) is 136 Å². The van der Waals surface area contributed by atoms with E-state index in [2.05, 4.69) is 5.32 Å². The lowest BCUT2D eigenvalue weighted by Crippen LogP contribution is -2.28. The lowest BCUT2D eigenvalue weighted by atomic mass is 10.1. The normalized spacial score (nSPS) is 16.4. The Bertz CT molecular complexity index is 1040. The quantitative estimate of drug-likeness (QED) is 0.624. The molecule has 0 spiro atoms. The molecule has 1 fully saturated rings. The van der Waals surface area contributed by atoms with Crippen molar-refractivity contribution in [2.75, 3.05) is 18.5 Å². The van der Waals surface area contributed by atoms with Gasteiger partial charge in [0.2, 0.25) is 15.9 Å². The van der Waals surface area contributed by atoms with Crippen LogP contribution in [0.25, 0.3) is 0 Å². The molecule has 2 aromatic rings. The molecule has 1 atom stereocenters. The predicted molar refractivity (Wildman–Crippen MR) is 107 cm³/mol. The Kier molecular flexibility index (Phi) is 6.48. The first-order valence-corrected chi connectivity index (χ1v) is 10.7. The monoisotopic (exact) mass is 431 g/mol. The number of carbonyl (C=O) groups is 3. The van der Waals surface area contributed by atoms with Crippen LogP contribution in [0.2, 0.25) is 0 Å². The molecule has 0 radical (unpaired) electrons. The van der Waals surface area contributed by atoms with Gasteiger partial charge in [-0.25, -0.2) is 13.6 Å². The van der Waals surface area contributed by atoms with E-state index in [1.807, 2.05) is 30.3 Å². The van der Waals surface area contributed by atoms with Crippen molar-refractivity contribution >= 4 is 33.5 Å². The minimum Gasteiger partial charge on any atom is -0.455 e. The summed E-state index contributed by atoms with van der Waals surface area (Å²) < 4.78 is 27.5. The highest BCUT2D eigenvalue weighted by Gasteiger charge is 2.35. The third kappa shape index (κ3) is 5.65. The van der Waals surface area contributed by atoms with Gasteiger partial charge in [-0.05, 0) is 29.8 Å². The zero-order valence-corrected chi connectivity index (χ0v) is 16.8. The van der Waals surface area contributed by atoms with Crippen LogP contribution in [0.15, 0.2) is 59.5 Å². The second-order valence-electron chi connectivity index (χ2n) is 6.89. The Hall–Kier alpha value is -3.24. The molecule has 2 aromatic carbocycles. The molecule has 1 aliphatic heterocycles. The number of nitrogens with zero attached hydrogens (tertiary/aromatic N) is 1.